The lowest BCUT2D eigenvalue weighted by Gasteiger charge is -2.35. The summed E-state index contributed by atoms with van der Waals surface area (Å²) in [5.74, 6) is -0.627. The van der Waals surface area contributed by atoms with Crippen molar-refractivity contribution in [3.63, 3.8) is 0 Å². The Bertz CT molecular complexity index is 626. The minimum atomic E-state index is -0.513. The van der Waals surface area contributed by atoms with E-state index in [0.29, 0.717) is 37.2 Å². The highest BCUT2D eigenvalue weighted by Crippen LogP contribution is 2.18. The van der Waals surface area contributed by atoms with Crippen molar-refractivity contribution in [1.82, 2.24) is 14.7 Å². The summed E-state index contributed by atoms with van der Waals surface area (Å²) in [5.41, 5.74) is 0.0970. The smallest absolute Gasteiger partial charge is 0.256 e. The number of amides is 2. The Morgan fingerprint density at radius 3 is 2.29 bits per heavy atom. The van der Waals surface area contributed by atoms with Crippen LogP contribution in [0.1, 0.15) is 23.2 Å². The minimum Gasteiger partial charge on any atom is -0.342 e. The summed E-state index contributed by atoms with van der Waals surface area (Å²) in [4.78, 5) is 30.3. The van der Waals surface area contributed by atoms with Crippen LogP contribution in [0.15, 0.2) is 22.7 Å². The Balaban J connectivity index is 1.52. The number of benzene rings is 1. The largest absolute Gasteiger partial charge is 0.342 e. The van der Waals surface area contributed by atoms with E-state index in [1.54, 1.807) is 11.0 Å². The maximum Gasteiger partial charge on any atom is 0.256 e. The Hall–Kier alpha value is -1.47. The van der Waals surface area contributed by atoms with Crippen molar-refractivity contribution in [3.05, 3.63) is 34.1 Å². The number of hydrogen-bond acceptors (Lipinski definition) is 3. The van der Waals surface area contributed by atoms with Gasteiger partial charge < -0.3 is 9.80 Å². The lowest BCUT2D eigenvalue weighted by molar-refractivity contribution is -0.131. The molecule has 5 nitrogen and oxygen atoms in total. The average molecular weight is 398 g/mol. The molecule has 3 rings (SSSR count). The zero-order valence-electron chi connectivity index (χ0n) is 13.5. The van der Waals surface area contributed by atoms with Crippen LogP contribution in [0.25, 0.3) is 0 Å². The summed E-state index contributed by atoms with van der Waals surface area (Å²) in [7, 11) is 0. The molecule has 0 radical (unpaired) electrons. The van der Waals surface area contributed by atoms with Gasteiger partial charge in [-0.3, -0.25) is 14.5 Å². The van der Waals surface area contributed by atoms with E-state index in [1.165, 1.54) is 12.1 Å². The molecule has 2 heterocycles. The molecule has 1 aromatic rings. The zero-order valence-corrected chi connectivity index (χ0v) is 15.1. The fourth-order valence-electron chi connectivity index (χ4n) is 3.20. The van der Waals surface area contributed by atoms with E-state index in [2.05, 4.69) is 20.8 Å². The van der Waals surface area contributed by atoms with E-state index in [9.17, 15) is 14.0 Å². The highest BCUT2D eigenvalue weighted by molar-refractivity contribution is 9.10. The molecule has 2 aliphatic rings. The van der Waals surface area contributed by atoms with Gasteiger partial charge in [0.25, 0.3) is 5.91 Å². The van der Waals surface area contributed by atoms with Gasteiger partial charge in [0.2, 0.25) is 5.91 Å². The highest BCUT2D eigenvalue weighted by Gasteiger charge is 2.26. The lowest BCUT2D eigenvalue weighted by Crippen LogP contribution is -2.51. The van der Waals surface area contributed by atoms with Crippen LogP contribution in [0, 0.1) is 5.82 Å². The van der Waals surface area contributed by atoms with Crippen LogP contribution in [0.3, 0.4) is 0 Å². The first kappa shape index (κ1) is 17.4. The Morgan fingerprint density at radius 2 is 1.67 bits per heavy atom. The summed E-state index contributed by atoms with van der Waals surface area (Å²) < 4.78 is 14.6. The number of halogens is 2. The fourth-order valence-corrected chi connectivity index (χ4v) is 3.53. The van der Waals surface area contributed by atoms with Crippen LogP contribution in [-0.2, 0) is 4.79 Å². The predicted molar refractivity (Wildman–Crippen MR) is 92.3 cm³/mol. The third-order valence-electron chi connectivity index (χ3n) is 4.64. The van der Waals surface area contributed by atoms with E-state index in [-0.39, 0.29) is 17.4 Å². The molecule has 0 bridgehead atoms. The predicted octanol–water partition coefficient (Wildman–Crippen LogP) is 1.97. The Kier molecular flexibility index (Phi) is 5.50. The summed E-state index contributed by atoms with van der Waals surface area (Å²) in [5, 5.41) is 0. The van der Waals surface area contributed by atoms with Gasteiger partial charge in [-0.1, -0.05) is 15.9 Å². The molecule has 0 saturated carbocycles. The quantitative estimate of drug-likeness (QED) is 0.782. The van der Waals surface area contributed by atoms with Crippen molar-refractivity contribution >= 4 is 27.7 Å². The van der Waals surface area contributed by atoms with Crippen LogP contribution in [0.2, 0.25) is 0 Å². The van der Waals surface area contributed by atoms with Gasteiger partial charge in [-0.2, -0.15) is 0 Å². The number of nitrogens with zero attached hydrogens (tertiary/aromatic N) is 3. The molecule has 0 aliphatic carbocycles. The lowest BCUT2D eigenvalue weighted by atomic mass is 10.1. The van der Waals surface area contributed by atoms with Crippen LogP contribution in [0.5, 0.6) is 0 Å². The molecule has 0 N–H and O–H groups in total. The molecule has 0 unspecified atom stereocenters. The van der Waals surface area contributed by atoms with Crippen LogP contribution >= 0.6 is 15.9 Å². The van der Waals surface area contributed by atoms with Crippen molar-refractivity contribution in [1.29, 1.82) is 0 Å². The minimum absolute atomic E-state index is 0.0970. The van der Waals surface area contributed by atoms with Crippen LogP contribution < -0.4 is 0 Å². The molecule has 0 atom stereocenters. The standard InChI is InChI=1S/C17H21BrFN3O2/c18-13-3-4-14(15(19)11-13)17(24)22-9-7-20(8-10-22)12-16(23)21-5-1-2-6-21/h3-4,11H,1-2,5-10,12H2. The van der Waals surface area contributed by atoms with Crippen LogP contribution in [-0.4, -0.2) is 72.3 Å². The maximum absolute atomic E-state index is 13.9. The monoisotopic (exact) mass is 397 g/mol. The van der Waals surface area contributed by atoms with E-state index in [0.717, 1.165) is 25.9 Å². The second-order valence-electron chi connectivity index (χ2n) is 6.28. The highest BCUT2D eigenvalue weighted by atomic mass is 79.9. The molecular formula is C17H21BrFN3O2. The number of carbonyl (C=O) groups excluding carboxylic acids is 2. The van der Waals surface area contributed by atoms with Crippen molar-refractivity contribution in [3.8, 4) is 0 Å². The van der Waals surface area contributed by atoms with Gasteiger partial charge in [0.05, 0.1) is 12.1 Å². The zero-order chi connectivity index (χ0) is 17.1. The Morgan fingerprint density at radius 1 is 1.00 bits per heavy atom. The molecule has 24 heavy (non-hydrogen) atoms. The third-order valence-corrected chi connectivity index (χ3v) is 5.13. The first-order valence-corrected chi connectivity index (χ1v) is 9.08. The molecule has 2 fully saturated rings. The SMILES string of the molecule is O=C(CN1CCN(C(=O)c2ccc(Br)cc2F)CC1)N1CCCC1. The molecule has 2 aliphatic heterocycles. The maximum atomic E-state index is 13.9. The number of likely N-dealkylation sites (tertiary alicyclic amines) is 1. The second-order valence-corrected chi connectivity index (χ2v) is 7.20. The summed E-state index contributed by atoms with van der Waals surface area (Å²) >= 11 is 3.19. The van der Waals surface area contributed by atoms with Gasteiger partial charge in [-0.25, -0.2) is 4.39 Å². The number of piperazine rings is 1. The first-order chi connectivity index (χ1) is 11.5. The Labute approximate surface area is 149 Å². The fraction of sp³-hybridized carbons (Fsp3) is 0.529. The molecule has 0 spiro atoms. The third kappa shape index (κ3) is 3.95. The second kappa shape index (κ2) is 7.61. The molecule has 7 heteroatoms. The summed E-state index contributed by atoms with van der Waals surface area (Å²) in [6, 6.07) is 4.48. The van der Waals surface area contributed by atoms with Crippen LogP contribution in [0.4, 0.5) is 4.39 Å². The van der Waals surface area contributed by atoms with E-state index < -0.39 is 5.82 Å². The molecule has 2 saturated heterocycles. The van der Waals surface area contributed by atoms with E-state index in [1.807, 2.05) is 4.90 Å². The van der Waals surface area contributed by atoms with E-state index in [4.69, 9.17) is 0 Å². The molecule has 1 aromatic carbocycles. The normalized spacial score (nSPS) is 18.9. The molecule has 2 amide bonds. The van der Waals surface area contributed by atoms with Gasteiger partial charge in [0.1, 0.15) is 5.82 Å². The molecule has 0 aromatic heterocycles. The summed E-state index contributed by atoms with van der Waals surface area (Å²) in [6.07, 6.45) is 2.18. The molecule has 130 valence electrons. The van der Waals surface area contributed by atoms with Crippen molar-refractivity contribution in [2.75, 3.05) is 45.8 Å². The van der Waals surface area contributed by atoms with E-state index >= 15 is 0 Å². The average Bonchev–Trinajstić information content (AvgIpc) is 3.09. The van der Waals surface area contributed by atoms with Crippen molar-refractivity contribution < 1.29 is 14.0 Å². The number of carbonyl (C=O) groups is 2. The summed E-state index contributed by atoms with van der Waals surface area (Å²) in [6.45, 7) is 4.45. The number of hydrogen-bond donors (Lipinski definition) is 0. The van der Waals surface area contributed by atoms with Crippen molar-refractivity contribution in [2.45, 2.75) is 12.8 Å². The van der Waals surface area contributed by atoms with Gasteiger partial charge >= 0.3 is 0 Å². The molecular weight excluding hydrogens is 377 g/mol. The first-order valence-electron chi connectivity index (χ1n) is 8.29. The van der Waals surface area contributed by atoms with Gasteiger partial charge in [-0.15, -0.1) is 0 Å². The van der Waals surface area contributed by atoms with Crippen molar-refractivity contribution in [2.24, 2.45) is 0 Å². The van der Waals surface area contributed by atoms with Gasteiger partial charge in [-0.05, 0) is 31.0 Å². The topological polar surface area (TPSA) is 43.9 Å². The number of rotatable bonds is 3. The van der Waals surface area contributed by atoms with Gasteiger partial charge in [0.15, 0.2) is 0 Å². The van der Waals surface area contributed by atoms with Gasteiger partial charge in [0, 0.05) is 43.7 Å².